The van der Waals surface area contributed by atoms with E-state index < -0.39 is 5.41 Å². The van der Waals surface area contributed by atoms with Crippen LogP contribution >= 0.6 is 0 Å². The molecule has 1 aromatic rings. The van der Waals surface area contributed by atoms with Gasteiger partial charge in [0.2, 0.25) is 11.8 Å². The third-order valence-corrected chi connectivity index (χ3v) is 3.53. The normalized spacial score (nSPS) is 13.4. The van der Waals surface area contributed by atoms with E-state index in [1.54, 1.807) is 11.9 Å². The van der Waals surface area contributed by atoms with Crippen LogP contribution in [0.1, 0.15) is 26.3 Å². The van der Waals surface area contributed by atoms with Crippen LogP contribution in [-0.4, -0.2) is 43.5 Å². The molecule has 2 amide bonds. The highest BCUT2D eigenvalue weighted by Gasteiger charge is 2.22. The number of hydrogen-bond donors (Lipinski definition) is 1. The summed E-state index contributed by atoms with van der Waals surface area (Å²) in [5.41, 5.74) is 0.446. The second-order valence-electron chi connectivity index (χ2n) is 6.66. The number of carbonyl (C=O) groups excluding carboxylic acids is 2. The van der Waals surface area contributed by atoms with Gasteiger partial charge in [-0.15, -0.1) is 0 Å². The van der Waals surface area contributed by atoms with E-state index in [0.29, 0.717) is 25.5 Å². The zero-order valence-corrected chi connectivity index (χ0v) is 14.1. The first-order valence-corrected chi connectivity index (χ1v) is 7.68. The van der Waals surface area contributed by atoms with Crippen LogP contribution in [0.5, 0.6) is 11.5 Å². The van der Waals surface area contributed by atoms with Gasteiger partial charge < -0.3 is 19.7 Å². The molecule has 0 saturated heterocycles. The molecule has 0 fully saturated rings. The molecule has 1 aliphatic heterocycles. The molecule has 126 valence electrons. The standard InChI is InChI=1S/C17H24N2O4/c1-17(2,3)16(21)18-10-15(20)19(4)11-12-5-6-13-14(9-12)23-8-7-22-13/h5-6,9H,7-8,10-11H2,1-4H3,(H,18,21). The van der Waals surface area contributed by atoms with Crippen molar-refractivity contribution in [2.75, 3.05) is 26.8 Å². The van der Waals surface area contributed by atoms with E-state index in [1.165, 1.54) is 0 Å². The van der Waals surface area contributed by atoms with Gasteiger partial charge in [0.1, 0.15) is 13.2 Å². The quantitative estimate of drug-likeness (QED) is 0.914. The first-order chi connectivity index (χ1) is 10.8. The highest BCUT2D eigenvalue weighted by atomic mass is 16.6. The maximum absolute atomic E-state index is 12.1. The molecule has 23 heavy (non-hydrogen) atoms. The number of likely N-dealkylation sites (N-methyl/N-ethyl adjacent to an activating group) is 1. The third-order valence-electron chi connectivity index (χ3n) is 3.53. The Kier molecular flexibility index (Phi) is 5.13. The van der Waals surface area contributed by atoms with Crippen molar-refractivity contribution in [2.45, 2.75) is 27.3 Å². The van der Waals surface area contributed by atoms with Crippen molar-refractivity contribution in [1.29, 1.82) is 0 Å². The zero-order chi connectivity index (χ0) is 17.0. The zero-order valence-electron chi connectivity index (χ0n) is 14.1. The number of rotatable bonds is 4. The lowest BCUT2D eigenvalue weighted by molar-refractivity contribution is -0.134. The molecule has 1 aromatic carbocycles. The molecule has 0 atom stereocenters. The fourth-order valence-electron chi connectivity index (χ4n) is 2.10. The molecule has 0 spiro atoms. The highest BCUT2D eigenvalue weighted by molar-refractivity contribution is 5.87. The average Bonchev–Trinajstić information content (AvgIpc) is 2.51. The number of nitrogens with zero attached hydrogens (tertiary/aromatic N) is 1. The van der Waals surface area contributed by atoms with E-state index in [2.05, 4.69) is 5.32 Å². The largest absolute Gasteiger partial charge is 0.486 e. The summed E-state index contributed by atoms with van der Waals surface area (Å²) in [7, 11) is 1.71. The van der Waals surface area contributed by atoms with Gasteiger partial charge in [0, 0.05) is 19.0 Å². The minimum absolute atomic E-state index is 0.00282. The smallest absolute Gasteiger partial charge is 0.242 e. The summed E-state index contributed by atoms with van der Waals surface area (Å²) in [4.78, 5) is 25.5. The van der Waals surface area contributed by atoms with Crippen molar-refractivity contribution in [3.63, 3.8) is 0 Å². The molecule has 0 bridgehead atoms. The SMILES string of the molecule is CN(Cc1ccc2c(c1)OCCO2)C(=O)CNC(=O)C(C)(C)C. The second-order valence-corrected chi connectivity index (χ2v) is 6.66. The van der Waals surface area contributed by atoms with Gasteiger partial charge in [0.05, 0.1) is 6.54 Å². The van der Waals surface area contributed by atoms with E-state index >= 15 is 0 Å². The topological polar surface area (TPSA) is 67.9 Å². The van der Waals surface area contributed by atoms with Crippen molar-refractivity contribution in [3.05, 3.63) is 23.8 Å². The number of nitrogens with one attached hydrogen (secondary N) is 1. The lowest BCUT2D eigenvalue weighted by Crippen LogP contribution is -2.42. The molecular weight excluding hydrogens is 296 g/mol. The Hall–Kier alpha value is -2.24. The van der Waals surface area contributed by atoms with Crippen LogP contribution in [0.3, 0.4) is 0 Å². The molecule has 6 heteroatoms. The van der Waals surface area contributed by atoms with Gasteiger partial charge in [0.25, 0.3) is 0 Å². The number of ether oxygens (including phenoxy) is 2. The molecule has 0 radical (unpaired) electrons. The Bertz CT molecular complexity index is 593. The van der Waals surface area contributed by atoms with Crippen molar-refractivity contribution in [1.82, 2.24) is 10.2 Å². The van der Waals surface area contributed by atoms with Crippen molar-refractivity contribution >= 4 is 11.8 Å². The van der Waals surface area contributed by atoms with Crippen LogP contribution in [0, 0.1) is 5.41 Å². The van der Waals surface area contributed by atoms with Crippen LogP contribution in [-0.2, 0) is 16.1 Å². The molecule has 1 N–H and O–H groups in total. The Morgan fingerprint density at radius 2 is 1.83 bits per heavy atom. The summed E-state index contributed by atoms with van der Waals surface area (Å²) in [5, 5.41) is 2.66. The fourth-order valence-corrected chi connectivity index (χ4v) is 2.10. The third kappa shape index (κ3) is 4.61. The Morgan fingerprint density at radius 3 is 2.48 bits per heavy atom. The van der Waals surface area contributed by atoms with Crippen molar-refractivity contribution in [2.24, 2.45) is 5.41 Å². The first kappa shape index (κ1) is 17.1. The highest BCUT2D eigenvalue weighted by Crippen LogP contribution is 2.31. The van der Waals surface area contributed by atoms with Crippen LogP contribution in [0.2, 0.25) is 0 Å². The number of carbonyl (C=O) groups is 2. The lowest BCUT2D eigenvalue weighted by Gasteiger charge is -2.22. The summed E-state index contributed by atoms with van der Waals surface area (Å²) in [6, 6.07) is 5.64. The van der Waals surface area contributed by atoms with Gasteiger partial charge in [-0.3, -0.25) is 9.59 Å². The summed E-state index contributed by atoms with van der Waals surface area (Å²) in [5.74, 6) is 1.15. The maximum Gasteiger partial charge on any atom is 0.242 e. The molecule has 0 aromatic heterocycles. The lowest BCUT2D eigenvalue weighted by atomic mass is 9.96. The fraction of sp³-hybridized carbons (Fsp3) is 0.529. The van der Waals surface area contributed by atoms with E-state index in [0.717, 1.165) is 11.3 Å². The molecule has 6 nitrogen and oxygen atoms in total. The molecule has 0 saturated carbocycles. The number of fused-ring (bicyclic) bond motifs is 1. The predicted molar refractivity (Wildman–Crippen MR) is 86.4 cm³/mol. The number of hydrogen-bond acceptors (Lipinski definition) is 4. The summed E-state index contributed by atoms with van der Waals surface area (Å²) in [6.45, 7) is 6.96. The number of benzene rings is 1. The van der Waals surface area contributed by atoms with Crippen LogP contribution in [0.15, 0.2) is 18.2 Å². The molecule has 2 rings (SSSR count). The van der Waals surface area contributed by atoms with Crippen molar-refractivity contribution in [3.8, 4) is 11.5 Å². The van der Waals surface area contributed by atoms with Crippen LogP contribution in [0.4, 0.5) is 0 Å². The van der Waals surface area contributed by atoms with Crippen molar-refractivity contribution < 1.29 is 19.1 Å². The Morgan fingerprint density at radius 1 is 1.17 bits per heavy atom. The van der Waals surface area contributed by atoms with Crippen LogP contribution < -0.4 is 14.8 Å². The summed E-state index contributed by atoms with van der Waals surface area (Å²) < 4.78 is 11.0. The molecule has 1 heterocycles. The molecular formula is C17H24N2O4. The Labute approximate surface area is 136 Å². The number of amides is 2. The molecule has 1 aliphatic rings. The minimum Gasteiger partial charge on any atom is -0.486 e. The molecule has 0 unspecified atom stereocenters. The Balaban J connectivity index is 1.89. The van der Waals surface area contributed by atoms with Gasteiger partial charge in [0.15, 0.2) is 11.5 Å². The maximum atomic E-state index is 12.1. The monoisotopic (exact) mass is 320 g/mol. The minimum atomic E-state index is -0.505. The van der Waals surface area contributed by atoms with E-state index in [4.69, 9.17) is 9.47 Å². The first-order valence-electron chi connectivity index (χ1n) is 7.68. The van der Waals surface area contributed by atoms with Gasteiger partial charge in [-0.05, 0) is 17.7 Å². The van der Waals surface area contributed by atoms with Gasteiger partial charge in [-0.2, -0.15) is 0 Å². The van der Waals surface area contributed by atoms with Gasteiger partial charge in [-0.1, -0.05) is 26.8 Å². The van der Waals surface area contributed by atoms with E-state index in [-0.39, 0.29) is 18.4 Å². The molecule has 0 aliphatic carbocycles. The summed E-state index contributed by atoms with van der Waals surface area (Å²) >= 11 is 0. The van der Waals surface area contributed by atoms with Gasteiger partial charge in [-0.25, -0.2) is 0 Å². The van der Waals surface area contributed by atoms with Crippen LogP contribution in [0.25, 0.3) is 0 Å². The average molecular weight is 320 g/mol. The summed E-state index contributed by atoms with van der Waals surface area (Å²) in [6.07, 6.45) is 0. The second kappa shape index (κ2) is 6.89. The predicted octanol–water partition coefficient (Wildman–Crippen LogP) is 1.58. The van der Waals surface area contributed by atoms with E-state index in [9.17, 15) is 9.59 Å². The van der Waals surface area contributed by atoms with Gasteiger partial charge >= 0.3 is 0 Å². The van der Waals surface area contributed by atoms with E-state index in [1.807, 2.05) is 39.0 Å².